The molecule has 340 valence electrons. The van der Waals surface area contributed by atoms with Crippen LogP contribution >= 0.6 is 0 Å². The highest BCUT2D eigenvalue weighted by molar-refractivity contribution is 7.00. The molecule has 2 aliphatic heterocycles. The third-order valence-corrected chi connectivity index (χ3v) is 16.6. The van der Waals surface area contributed by atoms with Gasteiger partial charge >= 0.3 is 0 Å². The Labute approximate surface area is 427 Å². The lowest BCUT2D eigenvalue weighted by Gasteiger charge is -2.36. The summed E-state index contributed by atoms with van der Waals surface area (Å²) in [6.07, 6.45) is 0. The van der Waals surface area contributed by atoms with Crippen LogP contribution in [-0.4, -0.2) is 15.8 Å². The fraction of sp³-hybridized carbons (Fsp3) is 0. The van der Waals surface area contributed by atoms with Gasteiger partial charge in [-0.05, 0) is 130 Å². The lowest BCUT2D eigenvalue weighted by atomic mass is 9.34. The second-order valence-electron chi connectivity index (χ2n) is 20.3. The van der Waals surface area contributed by atoms with Gasteiger partial charge < -0.3 is 14.0 Å². The third-order valence-electron chi connectivity index (χ3n) is 16.6. The SMILES string of the molecule is c1ccc(-c2ccc(N(c3ccc(-c4ccccc4)cc3)c3cc4c5c(c3)-n3c6ccc7ccccc7c6c6c7ccccc7cc(c63)B5c3cc5ccccc5c5c6c7ccccc7ccc6n-4c35)cc2)cc1. The summed E-state index contributed by atoms with van der Waals surface area (Å²) in [4.78, 5) is 2.48. The van der Waals surface area contributed by atoms with Crippen molar-refractivity contribution in [2.24, 2.45) is 0 Å². The van der Waals surface area contributed by atoms with E-state index in [0.717, 1.165) is 17.1 Å². The van der Waals surface area contributed by atoms with Crippen molar-refractivity contribution < 1.29 is 0 Å². The molecule has 4 heterocycles. The molecule has 0 amide bonds. The maximum absolute atomic E-state index is 2.65. The summed E-state index contributed by atoms with van der Waals surface area (Å²) in [7, 11) is 0. The van der Waals surface area contributed by atoms with Crippen LogP contribution in [0.4, 0.5) is 17.1 Å². The van der Waals surface area contributed by atoms with Gasteiger partial charge in [0.05, 0.1) is 27.8 Å². The molecule has 74 heavy (non-hydrogen) atoms. The monoisotopic (exact) mass is 935 g/mol. The number of rotatable bonds is 5. The van der Waals surface area contributed by atoms with E-state index in [4.69, 9.17) is 0 Å². The molecule has 2 aliphatic rings. The molecule has 0 unspecified atom stereocenters. The summed E-state index contributed by atoms with van der Waals surface area (Å²) >= 11 is 0. The Morgan fingerprint density at radius 1 is 0.284 bits per heavy atom. The normalized spacial score (nSPS) is 12.6. The molecule has 13 aromatic carbocycles. The molecule has 15 aromatic rings. The molecule has 2 aromatic heterocycles. The van der Waals surface area contributed by atoms with Gasteiger partial charge in [-0.3, -0.25) is 0 Å². The number of benzene rings is 13. The minimum Gasteiger partial charge on any atom is -0.310 e. The van der Waals surface area contributed by atoms with Crippen molar-refractivity contribution in [2.75, 3.05) is 4.90 Å². The van der Waals surface area contributed by atoms with Crippen molar-refractivity contribution in [3.63, 3.8) is 0 Å². The van der Waals surface area contributed by atoms with Crippen molar-refractivity contribution in [3.05, 3.63) is 255 Å². The minimum absolute atomic E-state index is 0.0526. The zero-order valence-corrected chi connectivity index (χ0v) is 40.2. The van der Waals surface area contributed by atoms with Crippen molar-refractivity contribution in [1.82, 2.24) is 9.13 Å². The summed E-state index contributed by atoms with van der Waals surface area (Å²) in [5.41, 5.74) is 19.5. The number of aromatic nitrogens is 2. The molecule has 3 nitrogen and oxygen atoms in total. The van der Waals surface area contributed by atoms with Crippen molar-refractivity contribution in [1.29, 1.82) is 0 Å². The molecular weight excluding hydrogens is 894 g/mol. The number of anilines is 3. The van der Waals surface area contributed by atoms with Crippen LogP contribution in [0.25, 0.3) is 120 Å². The third kappa shape index (κ3) is 5.41. The van der Waals surface area contributed by atoms with E-state index < -0.39 is 0 Å². The van der Waals surface area contributed by atoms with Gasteiger partial charge in [0.25, 0.3) is 6.71 Å². The second-order valence-corrected chi connectivity index (χ2v) is 20.3. The number of hydrogen-bond donors (Lipinski definition) is 0. The second kappa shape index (κ2) is 15.0. The van der Waals surface area contributed by atoms with Crippen molar-refractivity contribution in [3.8, 4) is 33.6 Å². The first-order chi connectivity index (χ1) is 36.7. The Morgan fingerprint density at radius 3 is 1.08 bits per heavy atom. The van der Waals surface area contributed by atoms with Crippen LogP contribution in [-0.2, 0) is 0 Å². The quantitative estimate of drug-likeness (QED) is 0.157. The summed E-state index contributed by atoms with van der Waals surface area (Å²) < 4.78 is 5.30. The molecule has 17 rings (SSSR count). The summed E-state index contributed by atoms with van der Waals surface area (Å²) in [6.45, 7) is -0.0526. The maximum atomic E-state index is 2.65. The zero-order valence-electron chi connectivity index (χ0n) is 40.2. The van der Waals surface area contributed by atoms with Gasteiger partial charge in [0, 0.05) is 44.3 Å². The Kier molecular flexibility index (Phi) is 8.09. The van der Waals surface area contributed by atoms with Crippen LogP contribution in [0.1, 0.15) is 0 Å². The first kappa shape index (κ1) is 40.0. The first-order valence-corrected chi connectivity index (χ1v) is 25.8. The van der Waals surface area contributed by atoms with Crippen molar-refractivity contribution >= 4 is 127 Å². The molecule has 0 aliphatic carbocycles. The molecule has 0 saturated heterocycles. The van der Waals surface area contributed by atoms with E-state index in [1.807, 2.05) is 0 Å². The maximum Gasteiger partial charge on any atom is 0.252 e. The summed E-state index contributed by atoms with van der Waals surface area (Å²) in [6, 6.07) is 95.4. The van der Waals surface area contributed by atoms with Crippen LogP contribution in [0.2, 0.25) is 0 Å². The van der Waals surface area contributed by atoms with E-state index in [-0.39, 0.29) is 6.71 Å². The lowest BCUT2D eigenvalue weighted by Crippen LogP contribution is -2.59. The Morgan fingerprint density at radius 2 is 0.649 bits per heavy atom. The minimum atomic E-state index is -0.0526. The number of hydrogen-bond acceptors (Lipinski definition) is 1. The van der Waals surface area contributed by atoms with E-state index in [1.54, 1.807) is 0 Å². The highest BCUT2D eigenvalue weighted by Gasteiger charge is 2.43. The molecule has 0 fully saturated rings. The predicted octanol–water partition coefficient (Wildman–Crippen LogP) is 16.4. The Bertz CT molecular complexity index is 4570. The first-order valence-electron chi connectivity index (χ1n) is 25.8. The van der Waals surface area contributed by atoms with Crippen LogP contribution < -0.4 is 21.3 Å². The fourth-order valence-electron chi connectivity index (χ4n) is 13.5. The van der Waals surface area contributed by atoms with Gasteiger partial charge in [-0.2, -0.15) is 0 Å². The summed E-state index contributed by atoms with van der Waals surface area (Å²) in [5.74, 6) is 0. The van der Waals surface area contributed by atoms with Gasteiger partial charge in [0.2, 0.25) is 0 Å². The fourth-order valence-corrected chi connectivity index (χ4v) is 13.5. The van der Waals surface area contributed by atoms with Gasteiger partial charge in [-0.15, -0.1) is 0 Å². The number of fused-ring (bicyclic) bond motifs is 18. The molecular formula is C70H42BN3. The van der Waals surface area contributed by atoms with Crippen LogP contribution in [0.3, 0.4) is 0 Å². The highest BCUT2D eigenvalue weighted by Crippen LogP contribution is 2.48. The topological polar surface area (TPSA) is 13.1 Å². The average molecular weight is 936 g/mol. The molecule has 0 saturated carbocycles. The van der Waals surface area contributed by atoms with Crippen LogP contribution in [0, 0.1) is 0 Å². The molecule has 0 N–H and O–H groups in total. The molecule has 0 bridgehead atoms. The van der Waals surface area contributed by atoms with E-state index >= 15 is 0 Å². The number of nitrogens with zero attached hydrogens (tertiary/aromatic N) is 3. The smallest absolute Gasteiger partial charge is 0.252 e. The van der Waals surface area contributed by atoms with Crippen molar-refractivity contribution in [2.45, 2.75) is 0 Å². The van der Waals surface area contributed by atoms with Crippen LogP contribution in [0.5, 0.6) is 0 Å². The van der Waals surface area contributed by atoms with E-state index in [2.05, 4.69) is 269 Å². The average Bonchev–Trinajstić information content (AvgIpc) is 4.09. The zero-order chi connectivity index (χ0) is 48.2. The largest absolute Gasteiger partial charge is 0.310 e. The summed E-state index contributed by atoms with van der Waals surface area (Å²) in [5, 5.41) is 15.4. The highest BCUT2D eigenvalue weighted by atomic mass is 15.2. The van der Waals surface area contributed by atoms with Crippen LogP contribution in [0.15, 0.2) is 255 Å². The van der Waals surface area contributed by atoms with Gasteiger partial charge in [0.1, 0.15) is 0 Å². The van der Waals surface area contributed by atoms with E-state index in [0.29, 0.717) is 0 Å². The Balaban J connectivity index is 1.05. The molecule has 4 heteroatoms. The molecule has 0 spiro atoms. The molecule has 0 atom stereocenters. The van der Waals surface area contributed by atoms with E-state index in [9.17, 15) is 0 Å². The van der Waals surface area contributed by atoms with E-state index in [1.165, 1.54) is 137 Å². The standard InChI is InChI=1S/C70H42BN3/c1-3-15-43(16-4-1)45-27-33-51(34-28-45)72(52-35-29-46(30-36-52)44-17-5-2-6-18-44)53-41-62-68-63(42-53)74-61-38-32-48-20-8-12-24-55(48)65(61)67-57-26-14-10-22-50(57)40-59(70(67)74)71(68)58-39-49-21-9-13-25-56(49)66-64-54-23-11-7-19-47(54)31-37-60(64)73(62)69(58)66/h1-42H. The van der Waals surface area contributed by atoms with Gasteiger partial charge in [-0.1, -0.05) is 206 Å². The van der Waals surface area contributed by atoms with Gasteiger partial charge in [-0.25, -0.2) is 0 Å². The molecule has 0 radical (unpaired) electrons. The lowest BCUT2D eigenvalue weighted by molar-refractivity contribution is 1.13. The Hall–Kier alpha value is -9.64. The predicted molar refractivity (Wildman–Crippen MR) is 315 cm³/mol. The van der Waals surface area contributed by atoms with Gasteiger partial charge in [0.15, 0.2) is 0 Å².